The zero-order valence-corrected chi connectivity index (χ0v) is 11.2. The molecule has 2 atom stereocenters. The Labute approximate surface area is 111 Å². The van der Waals surface area contributed by atoms with Gasteiger partial charge in [-0.3, -0.25) is 14.6 Å². The average molecular weight is 269 g/mol. The van der Waals surface area contributed by atoms with Gasteiger partial charge in [-0.25, -0.2) is 9.80 Å². The number of carbonyl (C=O) groups is 3. The molecule has 2 rings (SSSR count). The summed E-state index contributed by atoms with van der Waals surface area (Å²) < 4.78 is 4.74. The molecule has 0 bridgehead atoms. The number of amides is 2. The number of hydrazine groups is 1. The van der Waals surface area contributed by atoms with Crippen molar-refractivity contribution in [2.75, 3.05) is 20.7 Å². The van der Waals surface area contributed by atoms with Crippen molar-refractivity contribution in [3.05, 3.63) is 0 Å². The van der Waals surface area contributed by atoms with Gasteiger partial charge in [-0.05, 0) is 26.3 Å². The summed E-state index contributed by atoms with van der Waals surface area (Å²) in [4.78, 5) is 36.3. The number of methoxy groups -OCH3 is 1. The third-order valence-electron chi connectivity index (χ3n) is 3.68. The predicted octanol–water partition coefficient (Wildman–Crippen LogP) is -0.724. The van der Waals surface area contributed by atoms with E-state index in [2.05, 4.69) is 5.32 Å². The lowest BCUT2D eigenvalue weighted by Crippen LogP contribution is -2.61. The van der Waals surface area contributed by atoms with Crippen LogP contribution in [0.3, 0.4) is 0 Å². The summed E-state index contributed by atoms with van der Waals surface area (Å²) in [7, 11) is 2.97. The summed E-state index contributed by atoms with van der Waals surface area (Å²) in [5, 5.41) is 5.61. The number of nitrogens with one attached hydrogen (secondary N) is 1. The highest BCUT2D eigenvalue weighted by Gasteiger charge is 2.44. The summed E-state index contributed by atoms with van der Waals surface area (Å²) in [6.45, 7) is 0.481. The lowest BCUT2D eigenvalue weighted by Gasteiger charge is -2.42. The predicted molar refractivity (Wildman–Crippen MR) is 65.7 cm³/mol. The fourth-order valence-corrected chi connectivity index (χ4v) is 2.65. The minimum absolute atomic E-state index is 0.111. The number of hydrogen-bond acceptors (Lipinski definition) is 5. The van der Waals surface area contributed by atoms with Crippen LogP contribution in [0.5, 0.6) is 0 Å². The maximum absolute atomic E-state index is 12.4. The van der Waals surface area contributed by atoms with Crippen LogP contribution in [-0.4, -0.2) is 60.6 Å². The van der Waals surface area contributed by atoms with Gasteiger partial charge < -0.3 is 10.1 Å². The van der Waals surface area contributed by atoms with Crippen molar-refractivity contribution < 1.29 is 19.1 Å². The fourth-order valence-electron chi connectivity index (χ4n) is 2.65. The molecule has 2 heterocycles. The standard InChI is InChI=1S/C12H19N3O4/c1-13-8-5-6-10(16)14-7-3-4-9(12(18)19-2)15(14)11(8)17/h8-9,13H,3-7H2,1-2H3/t8-,9-/m0/s1. The molecule has 0 spiro atoms. The highest BCUT2D eigenvalue weighted by atomic mass is 16.5. The van der Waals surface area contributed by atoms with Gasteiger partial charge in [0.05, 0.1) is 13.2 Å². The highest BCUT2D eigenvalue weighted by Crippen LogP contribution is 2.25. The minimum atomic E-state index is -0.691. The lowest BCUT2D eigenvalue weighted by atomic mass is 10.1. The molecule has 2 aliphatic heterocycles. The van der Waals surface area contributed by atoms with Crippen molar-refractivity contribution in [3.8, 4) is 0 Å². The molecule has 2 aliphatic rings. The first-order valence-electron chi connectivity index (χ1n) is 6.48. The van der Waals surface area contributed by atoms with Crippen LogP contribution in [0.25, 0.3) is 0 Å². The fraction of sp³-hybridized carbons (Fsp3) is 0.750. The number of likely N-dealkylation sites (N-methyl/N-ethyl adjacent to an activating group) is 1. The van der Waals surface area contributed by atoms with E-state index in [1.165, 1.54) is 17.1 Å². The van der Waals surface area contributed by atoms with Crippen LogP contribution >= 0.6 is 0 Å². The molecule has 7 nitrogen and oxygen atoms in total. The van der Waals surface area contributed by atoms with Gasteiger partial charge >= 0.3 is 5.97 Å². The van der Waals surface area contributed by atoms with Crippen LogP contribution in [0.1, 0.15) is 25.7 Å². The molecular formula is C12H19N3O4. The van der Waals surface area contributed by atoms with E-state index >= 15 is 0 Å². The van der Waals surface area contributed by atoms with Crippen LogP contribution in [0.2, 0.25) is 0 Å². The van der Waals surface area contributed by atoms with E-state index in [1.54, 1.807) is 7.05 Å². The lowest BCUT2D eigenvalue weighted by molar-refractivity contribution is -0.182. The van der Waals surface area contributed by atoms with Crippen LogP contribution in [0.15, 0.2) is 0 Å². The topological polar surface area (TPSA) is 79.0 Å². The molecule has 0 radical (unpaired) electrons. The van der Waals surface area contributed by atoms with E-state index in [-0.39, 0.29) is 11.8 Å². The van der Waals surface area contributed by atoms with Crippen molar-refractivity contribution in [1.29, 1.82) is 0 Å². The molecule has 2 fully saturated rings. The molecule has 1 N–H and O–H groups in total. The highest BCUT2D eigenvalue weighted by molar-refractivity contribution is 5.92. The van der Waals surface area contributed by atoms with Crippen molar-refractivity contribution in [2.45, 2.75) is 37.8 Å². The van der Waals surface area contributed by atoms with Crippen LogP contribution in [0, 0.1) is 0 Å². The SMILES string of the molecule is CN[C@H]1CCC(=O)N2CCC[C@@H](C(=O)OC)N2C1=O. The third kappa shape index (κ3) is 2.42. The number of carbonyl (C=O) groups excluding carboxylic acids is 3. The van der Waals surface area contributed by atoms with Gasteiger partial charge in [-0.1, -0.05) is 0 Å². The third-order valence-corrected chi connectivity index (χ3v) is 3.68. The van der Waals surface area contributed by atoms with Gasteiger partial charge in [0.15, 0.2) is 6.04 Å². The average Bonchev–Trinajstić information content (AvgIpc) is 2.56. The van der Waals surface area contributed by atoms with Crippen molar-refractivity contribution in [2.24, 2.45) is 0 Å². The van der Waals surface area contributed by atoms with Crippen LogP contribution in [-0.2, 0) is 19.1 Å². The Balaban J connectivity index is 2.33. The molecule has 2 saturated heterocycles. The largest absolute Gasteiger partial charge is 0.467 e. The molecule has 0 saturated carbocycles. The maximum atomic E-state index is 12.4. The molecule has 0 aliphatic carbocycles. The monoisotopic (exact) mass is 269 g/mol. The molecule has 7 heteroatoms. The Morgan fingerprint density at radius 1 is 1.37 bits per heavy atom. The van der Waals surface area contributed by atoms with E-state index in [0.717, 1.165) is 0 Å². The number of nitrogens with zero attached hydrogens (tertiary/aromatic N) is 2. The van der Waals surface area contributed by atoms with Crippen molar-refractivity contribution >= 4 is 17.8 Å². The van der Waals surface area contributed by atoms with Gasteiger partial charge in [0.2, 0.25) is 5.91 Å². The van der Waals surface area contributed by atoms with Crippen LogP contribution < -0.4 is 5.32 Å². The molecule has 0 aromatic carbocycles. The number of ether oxygens (including phenoxy) is 1. The molecular weight excluding hydrogens is 250 g/mol. The van der Waals surface area contributed by atoms with Gasteiger partial charge in [0.25, 0.3) is 5.91 Å². The Bertz CT molecular complexity index is 398. The summed E-state index contributed by atoms with van der Waals surface area (Å²) in [5.41, 5.74) is 0. The second-order valence-corrected chi connectivity index (χ2v) is 4.76. The summed E-state index contributed by atoms with van der Waals surface area (Å²) in [6, 6.07) is -1.12. The Morgan fingerprint density at radius 2 is 2.11 bits per heavy atom. The summed E-state index contributed by atoms with van der Waals surface area (Å²) in [5.74, 6) is -0.814. The zero-order chi connectivity index (χ0) is 14.0. The first-order chi connectivity index (χ1) is 9.10. The Kier molecular flexibility index (Phi) is 4.04. The van der Waals surface area contributed by atoms with E-state index in [4.69, 9.17) is 4.74 Å². The first-order valence-corrected chi connectivity index (χ1v) is 6.48. The minimum Gasteiger partial charge on any atom is -0.467 e. The smallest absolute Gasteiger partial charge is 0.330 e. The molecule has 2 amide bonds. The van der Waals surface area contributed by atoms with Crippen molar-refractivity contribution in [1.82, 2.24) is 15.3 Å². The second-order valence-electron chi connectivity index (χ2n) is 4.76. The number of hydrogen-bond donors (Lipinski definition) is 1. The van der Waals surface area contributed by atoms with Gasteiger partial charge in [-0.15, -0.1) is 0 Å². The van der Waals surface area contributed by atoms with E-state index in [1.807, 2.05) is 0 Å². The Hall–Kier alpha value is -1.63. The number of fused-ring (bicyclic) bond motifs is 1. The van der Waals surface area contributed by atoms with Gasteiger partial charge in [-0.2, -0.15) is 0 Å². The number of esters is 1. The molecule has 0 aromatic heterocycles. The number of rotatable bonds is 2. The van der Waals surface area contributed by atoms with Crippen LogP contribution in [0.4, 0.5) is 0 Å². The van der Waals surface area contributed by atoms with E-state index in [0.29, 0.717) is 32.2 Å². The second kappa shape index (κ2) is 5.56. The quantitative estimate of drug-likeness (QED) is 0.669. The zero-order valence-electron chi connectivity index (χ0n) is 11.2. The normalized spacial score (nSPS) is 27.9. The Morgan fingerprint density at radius 3 is 2.74 bits per heavy atom. The molecule has 0 aromatic rings. The maximum Gasteiger partial charge on any atom is 0.330 e. The summed E-state index contributed by atoms with van der Waals surface area (Å²) >= 11 is 0. The van der Waals surface area contributed by atoms with Crippen molar-refractivity contribution in [3.63, 3.8) is 0 Å². The summed E-state index contributed by atoms with van der Waals surface area (Å²) in [6.07, 6.45) is 1.98. The molecule has 19 heavy (non-hydrogen) atoms. The van der Waals surface area contributed by atoms with Gasteiger partial charge in [0, 0.05) is 13.0 Å². The van der Waals surface area contributed by atoms with E-state index in [9.17, 15) is 14.4 Å². The van der Waals surface area contributed by atoms with Gasteiger partial charge in [0.1, 0.15) is 0 Å². The first kappa shape index (κ1) is 13.8. The molecule has 0 unspecified atom stereocenters. The van der Waals surface area contributed by atoms with E-state index < -0.39 is 18.1 Å². The molecule has 106 valence electrons.